The van der Waals surface area contributed by atoms with Crippen LogP contribution in [-0.4, -0.2) is 46.8 Å². The van der Waals surface area contributed by atoms with Gasteiger partial charge in [0.05, 0.1) is 30.4 Å². The number of hydrazine groups is 1. The van der Waals surface area contributed by atoms with E-state index >= 15 is 0 Å². The van der Waals surface area contributed by atoms with Gasteiger partial charge in [-0.05, 0) is 19.1 Å². The van der Waals surface area contributed by atoms with Crippen molar-refractivity contribution in [1.82, 2.24) is 20.6 Å². The number of urea groups is 1. The molecule has 0 radical (unpaired) electrons. The molecule has 0 fully saturated rings. The molecule has 0 saturated heterocycles. The van der Waals surface area contributed by atoms with E-state index in [9.17, 15) is 24.5 Å². The van der Waals surface area contributed by atoms with Crippen molar-refractivity contribution >= 4 is 29.3 Å². The van der Waals surface area contributed by atoms with Gasteiger partial charge in [-0.3, -0.25) is 20.3 Å². The van der Waals surface area contributed by atoms with E-state index in [0.717, 1.165) is 10.9 Å². The number of nitrogens with one attached hydrogen (secondary N) is 3. The zero-order chi connectivity index (χ0) is 21.6. The van der Waals surface area contributed by atoms with Gasteiger partial charge < -0.3 is 14.8 Å². The third-order valence-electron chi connectivity index (χ3n) is 3.73. The van der Waals surface area contributed by atoms with E-state index in [1.165, 1.54) is 33.3 Å². The number of rotatable bonds is 6. The number of esters is 1. The molecule has 3 N–H and O–H groups in total. The minimum absolute atomic E-state index is 0.126. The maximum Gasteiger partial charge on any atom is 0.350 e. The summed E-state index contributed by atoms with van der Waals surface area (Å²) in [6.45, 7) is 1.41. The Morgan fingerprint density at radius 1 is 1.21 bits per heavy atom. The van der Waals surface area contributed by atoms with Crippen LogP contribution in [0.4, 0.5) is 16.2 Å². The number of aromatic nitrogens is 2. The first kappa shape index (κ1) is 21.1. The van der Waals surface area contributed by atoms with Crippen molar-refractivity contribution in [3.05, 3.63) is 46.1 Å². The second-order valence-corrected chi connectivity index (χ2v) is 5.54. The predicted octanol–water partition coefficient (Wildman–Crippen LogP) is 1.00. The van der Waals surface area contributed by atoms with Crippen LogP contribution < -0.4 is 20.9 Å². The molecule has 2 rings (SSSR count). The van der Waals surface area contributed by atoms with Crippen molar-refractivity contribution in [1.29, 1.82) is 0 Å². The molecule has 1 aromatic heterocycles. The second-order valence-electron chi connectivity index (χ2n) is 5.54. The number of methoxy groups -OCH3 is 2. The molecule has 0 aliphatic carbocycles. The monoisotopic (exact) mass is 406 g/mol. The Hall–Kier alpha value is -4.16. The lowest BCUT2D eigenvalue weighted by Crippen LogP contribution is -2.46. The number of anilines is 1. The van der Waals surface area contributed by atoms with Gasteiger partial charge >= 0.3 is 23.6 Å². The van der Waals surface area contributed by atoms with Crippen LogP contribution in [0.5, 0.6) is 5.88 Å². The van der Waals surface area contributed by atoms with Gasteiger partial charge in [0.1, 0.15) is 12.2 Å². The van der Waals surface area contributed by atoms with Crippen LogP contribution in [0, 0.1) is 10.1 Å². The Morgan fingerprint density at radius 3 is 2.48 bits per heavy atom. The highest BCUT2D eigenvalue weighted by atomic mass is 16.6. The Kier molecular flexibility index (Phi) is 6.68. The standard InChI is InChI=1S/C16H18N6O7/c1-9(21-8-12(22(26)27)14(20-21)28-2)13(23)18-19-16(25)17-11-7-5-4-6-10(11)15(24)29-3/h4-9H,1-3H3,(H,18,23)(H2,17,19,25). The summed E-state index contributed by atoms with van der Waals surface area (Å²) < 4.78 is 10.5. The lowest BCUT2D eigenvalue weighted by molar-refractivity contribution is -0.385. The van der Waals surface area contributed by atoms with E-state index in [-0.39, 0.29) is 17.1 Å². The minimum Gasteiger partial charge on any atom is -0.475 e. The fraction of sp³-hybridized carbons (Fsp3) is 0.250. The number of hydrogen-bond acceptors (Lipinski definition) is 8. The highest BCUT2D eigenvalue weighted by Crippen LogP contribution is 2.25. The molecule has 0 aliphatic heterocycles. The zero-order valence-electron chi connectivity index (χ0n) is 15.7. The largest absolute Gasteiger partial charge is 0.475 e. The molecule has 13 heteroatoms. The van der Waals surface area contributed by atoms with Crippen LogP contribution >= 0.6 is 0 Å². The second kappa shape index (κ2) is 9.16. The van der Waals surface area contributed by atoms with E-state index in [2.05, 4.69) is 26.0 Å². The maximum absolute atomic E-state index is 12.2. The van der Waals surface area contributed by atoms with Crippen molar-refractivity contribution in [3.8, 4) is 5.88 Å². The minimum atomic E-state index is -1.000. The lowest BCUT2D eigenvalue weighted by atomic mass is 10.2. The van der Waals surface area contributed by atoms with Crippen LogP contribution in [0.1, 0.15) is 23.3 Å². The summed E-state index contributed by atoms with van der Waals surface area (Å²) in [5.41, 5.74) is 4.16. The summed E-state index contributed by atoms with van der Waals surface area (Å²) in [4.78, 5) is 46.2. The first-order chi connectivity index (χ1) is 13.8. The lowest BCUT2D eigenvalue weighted by Gasteiger charge is -2.14. The fourth-order valence-corrected chi connectivity index (χ4v) is 2.21. The van der Waals surface area contributed by atoms with Crippen LogP contribution in [0.15, 0.2) is 30.5 Å². The summed E-state index contributed by atoms with van der Waals surface area (Å²) in [5.74, 6) is -1.60. The smallest absolute Gasteiger partial charge is 0.350 e. The zero-order valence-corrected chi connectivity index (χ0v) is 15.7. The maximum atomic E-state index is 12.2. The summed E-state index contributed by atoms with van der Waals surface area (Å²) >= 11 is 0. The first-order valence-corrected chi connectivity index (χ1v) is 8.10. The topological polar surface area (TPSA) is 167 Å². The molecule has 0 bridgehead atoms. The van der Waals surface area contributed by atoms with Gasteiger partial charge in [0, 0.05) is 0 Å². The van der Waals surface area contributed by atoms with Gasteiger partial charge in [-0.1, -0.05) is 12.1 Å². The number of para-hydroxylation sites is 1. The Balaban J connectivity index is 2.00. The molecule has 1 atom stereocenters. The molecule has 1 aromatic carbocycles. The van der Waals surface area contributed by atoms with Crippen molar-refractivity contribution in [2.24, 2.45) is 0 Å². The van der Waals surface area contributed by atoms with Crippen LogP contribution in [0.2, 0.25) is 0 Å². The number of ether oxygens (including phenoxy) is 2. The molecular formula is C16H18N6O7. The SMILES string of the molecule is COC(=O)c1ccccc1NC(=O)NNC(=O)C(C)n1cc([N+](=O)[O-])c(OC)n1. The number of carbonyl (C=O) groups excluding carboxylic acids is 3. The highest BCUT2D eigenvalue weighted by Gasteiger charge is 2.25. The quantitative estimate of drug-likeness (QED) is 0.363. The molecule has 0 aliphatic rings. The van der Waals surface area contributed by atoms with E-state index < -0.39 is 34.6 Å². The first-order valence-electron chi connectivity index (χ1n) is 8.10. The Morgan fingerprint density at radius 2 is 1.90 bits per heavy atom. The van der Waals surface area contributed by atoms with Gasteiger partial charge in [0.2, 0.25) is 0 Å². The molecule has 0 saturated carbocycles. The van der Waals surface area contributed by atoms with Crippen molar-refractivity contribution in [2.75, 3.05) is 19.5 Å². The molecule has 13 nitrogen and oxygen atoms in total. The number of nitrogens with zero attached hydrogens (tertiary/aromatic N) is 3. The van der Waals surface area contributed by atoms with E-state index in [0.29, 0.717) is 0 Å². The number of carbonyl (C=O) groups is 3. The summed E-state index contributed by atoms with van der Waals surface area (Å²) in [6, 6.07) is 4.30. The summed E-state index contributed by atoms with van der Waals surface area (Å²) in [6.07, 6.45) is 1.04. The van der Waals surface area contributed by atoms with Gasteiger partial charge in [-0.25, -0.2) is 19.7 Å². The highest BCUT2D eigenvalue weighted by molar-refractivity contribution is 6.01. The van der Waals surface area contributed by atoms with Gasteiger partial charge in [-0.2, -0.15) is 0 Å². The molecule has 3 amide bonds. The molecule has 154 valence electrons. The van der Waals surface area contributed by atoms with Gasteiger partial charge in [0.25, 0.3) is 5.91 Å². The third-order valence-corrected chi connectivity index (χ3v) is 3.73. The number of hydrogen-bond donors (Lipinski definition) is 3. The van der Waals surface area contributed by atoms with Crippen molar-refractivity contribution in [2.45, 2.75) is 13.0 Å². The Labute approximate surface area is 164 Å². The molecule has 2 aromatic rings. The van der Waals surface area contributed by atoms with Crippen LogP contribution in [0.25, 0.3) is 0 Å². The average molecular weight is 406 g/mol. The van der Waals surface area contributed by atoms with Gasteiger partial charge in [-0.15, -0.1) is 5.10 Å². The molecule has 0 spiro atoms. The normalized spacial score (nSPS) is 11.1. The number of nitro groups is 1. The predicted molar refractivity (Wildman–Crippen MR) is 98.2 cm³/mol. The van der Waals surface area contributed by atoms with E-state index in [4.69, 9.17) is 4.74 Å². The molecule has 1 unspecified atom stereocenters. The number of amides is 3. The van der Waals surface area contributed by atoms with Crippen molar-refractivity contribution < 1.29 is 28.8 Å². The molecular weight excluding hydrogens is 388 g/mol. The average Bonchev–Trinajstić information content (AvgIpc) is 3.16. The van der Waals surface area contributed by atoms with E-state index in [1.54, 1.807) is 12.1 Å². The molecule has 29 heavy (non-hydrogen) atoms. The van der Waals surface area contributed by atoms with E-state index in [1.807, 2.05) is 0 Å². The third kappa shape index (κ3) is 4.97. The summed E-state index contributed by atoms with van der Waals surface area (Å²) in [5, 5.41) is 17.2. The number of benzene rings is 1. The van der Waals surface area contributed by atoms with Crippen LogP contribution in [0.3, 0.4) is 0 Å². The Bertz CT molecular complexity index is 942. The fourth-order valence-electron chi connectivity index (χ4n) is 2.21. The van der Waals surface area contributed by atoms with Crippen LogP contribution in [-0.2, 0) is 9.53 Å². The molecule has 1 heterocycles. The van der Waals surface area contributed by atoms with Gasteiger partial charge in [0.15, 0.2) is 0 Å². The summed E-state index contributed by atoms with van der Waals surface area (Å²) in [7, 11) is 2.41. The van der Waals surface area contributed by atoms with Crippen molar-refractivity contribution in [3.63, 3.8) is 0 Å².